The smallest absolute Gasteiger partial charge is 0.237 e. The maximum absolute atomic E-state index is 12.1. The Bertz CT molecular complexity index is 317. The predicted molar refractivity (Wildman–Crippen MR) is 64.3 cm³/mol. The molecule has 94 valence electrons. The van der Waals surface area contributed by atoms with Crippen molar-refractivity contribution in [3.63, 3.8) is 0 Å². The number of piperazine rings is 1. The van der Waals surface area contributed by atoms with Crippen molar-refractivity contribution in [2.24, 2.45) is 0 Å². The summed E-state index contributed by atoms with van der Waals surface area (Å²) in [5, 5.41) is 8.96. The van der Waals surface area contributed by atoms with Gasteiger partial charge in [0.25, 0.3) is 0 Å². The highest BCUT2D eigenvalue weighted by Crippen LogP contribution is 2.16. The zero-order chi connectivity index (χ0) is 12.3. The molecule has 2 saturated heterocycles. The summed E-state index contributed by atoms with van der Waals surface area (Å²) in [7, 11) is 2.10. The molecule has 2 aliphatic rings. The molecule has 5 nitrogen and oxygen atoms in total. The normalized spacial score (nSPS) is 27.1. The lowest BCUT2D eigenvalue weighted by Gasteiger charge is -2.33. The second-order valence-electron chi connectivity index (χ2n) is 4.95. The maximum Gasteiger partial charge on any atom is 0.237 e. The molecule has 1 atom stereocenters. The van der Waals surface area contributed by atoms with E-state index in [-0.39, 0.29) is 11.9 Å². The van der Waals surface area contributed by atoms with Gasteiger partial charge in [0.15, 0.2) is 0 Å². The molecule has 0 radical (unpaired) electrons. The SMILES string of the molecule is CN1CCN(CC(=O)N2CCC[C@H]2C#N)CC1. The summed E-state index contributed by atoms with van der Waals surface area (Å²) < 4.78 is 0. The lowest BCUT2D eigenvalue weighted by atomic mass is 10.2. The van der Waals surface area contributed by atoms with Gasteiger partial charge in [-0.15, -0.1) is 0 Å². The quantitative estimate of drug-likeness (QED) is 0.663. The van der Waals surface area contributed by atoms with Crippen LogP contribution in [0.25, 0.3) is 0 Å². The van der Waals surface area contributed by atoms with Crippen molar-refractivity contribution >= 4 is 5.91 Å². The molecule has 0 unspecified atom stereocenters. The molecule has 17 heavy (non-hydrogen) atoms. The van der Waals surface area contributed by atoms with Crippen molar-refractivity contribution in [2.75, 3.05) is 46.3 Å². The fraction of sp³-hybridized carbons (Fsp3) is 0.833. The maximum atomic E-state index is 12.1. The molecule has 2 aliphatic heterocycles. The second kappa shape index (κ2) is 5.48. The molecule has 2 heterocycles. The first-order valence-corrected chi connectivity index (χ1v) is 6.30. The number of carbonyl (C=O) groups excluding carboxylic acids is 1. The van der Waals surface area contributed by atoms with E-state index in [9.17, 15) is 4.79 Å². The fourth-order valence-electron chi connectivity index (χ4n) is 2.49. The van der Waals surface area contributed by atoms with Gasteiger partial charge < -0.3 is 9.80 Å². The molecule has 0 bridgehead atoms. The van der Waals surface area contributed by atoms with E-state index in [4.69, 9.17) is 5.26 Å². The minimum absolute atomic E-state index is 0.124. The van der Waals surface area contributed by atoms with Gasteiger partial charge >= 0.3 is 0 Å². The number of likely N-dealkylation sites (tertiary alicyclic amines) is 1. The average molecular weight is 236 g/mol. The Morgan fingerprint density at radius 2 is 2.00 bits per heavy atom. The van der Waals surface area contributed by atoms with Gasteiger partial charge in [-0.25, -0.2) is 0 Å². The van der Waals surface area contributed by atoms with Crippen molar-refractivity contribution in [3.8, 4) is 6.07 Å². The van der Waals surface area contributed by atoms with Crippen LogP contribution < -0.4 is 0 Å². The summed E-state index contributed by atoms with van der Waals surface area (Å²) >= 11 is 0. The number of nitriles is 1. The molecule has 0 aromatic carbocycles. The van der Waals surface area contributed by atoms with Gasteiger partial charge in [0.05, 0.1) is 12.6 Å². The first-order valence-electron chi connectivity index (χ1n) is 6.30. The van der Waals surface area contributed by atoms with Gasteiger partial charge in [-0.05, 0) is 19.9 Å². The predicted octanol–water partition coefficient (Wildman–Crippen LogP) is -0.252. The number of hydrogen-bond acceptors (Lipinski definition) is 4. The first kappa shape index (κ1) is 12.3. The zero-order valence-electron chi connectivity index (χ0n) is 10.4. The summed E-state index contributed by atoms with van der Waals surface area (Å²) in [6.07, 6.45) is 1.80. The number of likely N-dealkylation sites (N-methyl/N-ethyl adjacent to an activating group) is 1. The van der Waals surface area contributed by atoms with Crippen molar-refractivity contribution in [1.82, 2.24) is 14.7 Å². The van der Waals surface area contributed by atoms with Crippen LogP contribution in [-0.4, -0.2) is 73.0 Å². The monoisotopic (exact) mass is 236 g/mol. The van der Waals surface area contributed by atoms with Crippen molar-refractivity contribution < 1.29 is 4.79 Å². The Morgan fingerprint density at radius 1 is 1.29 bits per heavy atom. The lowest BCUT2D eigenvalue weighted by Crippen LogP contribution is -2.49. The van der Waals surface area contributed by atoms with E-state index in [2.05, 4.69) is 22.9 Å². The molecule has 0 N–H and O–H groups in total. The van der Waals surface area contributed by atoms with E-state index < -0.39 is 0 Å². The third-order valence-corrected chi connectivity index (χ3v) is 3.68. The van der Waals surface area contributed by atoms with Crippen LogP contribution in [0, 0.1) is 11.3 Å². The van der Waals surface area contributed by atoms with Crippen LogP contribution in [-0.2, 0) is 4.79 Å². The van der Waals surface area contributed by atoms with Crippen molar-refractivity contribution in [1.29, 1.82) is 5.26 Å². The van der Waals surface area contributed by atoms with Crippen LogP contribution in [0.3, 0.4) is 0 Å². The van der Waals surface area contributed by atoms with Gasteiger partial charge in [0.2, 0.25) is 5.91 Å². The molecule has 0 saturated carbocycles. The largest absolute Gasteiger partial charge is 0.326 e. The van der Waals surface area contributed by atoms with E-state index in [1.165, 1.54) is 0 Å². The number of rotatable bonds is 2. The summed E-state index contributed by atoms with van der Waals surface area (Å²) in [4.78, 5) is 18.3. The van der Waals surface area contributed by atoms with Crippen LogP contribution in [0.5, 0.6) is 0 Å². The highest BCUT2D eigenvalue weighted by atomic mass is 16.2. The summed E-state index contributed by atoms with van der Waals surface area (Å²) in [5.41, 5.74) is 0. The number of carbonyl (C=O) groups is 1. The molecular weight excluding hydrogens is 216 g/mol. The Labute approximate surface area is 103 Å². The standard InChI is InChI=1S/C12H20N4O/c1-14-5-7-15(8-6-14)10-12(17)16-4-2-3-11(16)9-13/h11H,2-8,10H2,1H3/t11-/m0/s1. The minimum atomic E-state index is -0.185. The van der Waals surface area contributed by atoms with Crippen molar-refractivity contribution in [3.05, 3.63) is 0 Å². The number of amides is 1. The molecule has 5 heteroatoms. The minimum Gasteiger partial charge on any atom is -0.326 e. The molecule has 0 aromatic rings. The van der Waals surface area contributed by atoms with E-state index in [0.717, 1.165) is 45.6 Å². The van der Waals surface area contributed by atoms with Gasteiger partial charge in [-0.1, -0.05) is 0 Å². The van der Waals surface area contributed by atoms with Gasteiger partial charge in [-0.3, -0.25) is 9.69 Å². The van der Waals surface area contributed by atoms with Crippen LogP contribution in [0.15, 0.2) is 0 Å². The van der Waals surface area contributed by atoms with Crippen LogP contribution >= 0.6 is 0 Å². The first-order chi connectivity index (χ1) is 8.20. The van der Waals surface area contributed by atoms with Gasteiger partial charge in [0.1, 0.15) is 6.04 Å². The average Bonchev–Trinajstić information content (AvgIpc) is 2.80. The number of nitrogens with zero attached hydrogens (tertiary/aromatic N) is 4. The van der Waals surface area contributed by atoms with E-state index in [1.807, 2.05) is 0 Å². The van der Waals surface area contributed by atoms with E-state index >= 15 is 0 Å². The van der Waals surface area contributed by atoms with E-state index in [1.54, 1.807) is 4.90 Å². The van der Waals surface area contributed by atoms with Gasteiger partial charge in [0, 0.05) is 32.7 Å². The Balaban J connectivity index is 1.83. The Morgan fingerprint density at radius 3 is 2.65 bits per heavy atom. The third-order valence-electron chi connectivity index (χ3n) is 3.68. The van der Waals surface area contributed by atoms with Crippen LogP contribution in [0.2, 0.25) is 0 Å². The summed E-state index contributed by atoms with van der Waals surface area (Å²) in [6, 6.07) is 2.03. The second-order valence-corrected chi connectivity index (χ2v) is 4.95. The highest BCUT2D eigenvalue weighted by molar-refractivity contribution is 5.79. The fourth-order valence-corrected chi connectivity index (χ4v) is 2.49. The molecular formula is C12H20N4O. The van der Waals surface area contributed by atoms with E-state index in [0.29, 0.717) is 6.54 Å². The van der Waals surface area contributed by atoms with Crippen LogP contribution in [0.1, 0.15) is 12.8 Å². The third kappa shape index (κ3) is 2.96. The Hall–Kier alpha value is -1.12. The molecule has 0 aliphatic carbocycles. The number of hydrogen-bond donors (Lipinski definition) is 0. The summed E-state index contributed by atoms with van der Waals surface area (Å²) in [6.45, 7) is 5.18. The topological polar surface area (TPSA) is 50.6 Å². The lowest BCUT2D eigenvalue weighted by molar-refractivity contribution is -0.132. The highest BCUT2D eigenvalue weighted by Gasteiger charge is 2.29. The molecule has 1 amide bonds. The molecule has 0 spiro atoms. The molecule has 2 rings (SSSR count). The molecule has 2 fully saturated rings. The van der Waals surface area contributed by atoms with Gasteiger partial charge in [-0.2, -0.15) is 5.26 Å². The van der Waals surface area contributed by atoms with Crippen LogP contribution in [0.4, 0.5) is 0 Å². The zero-order valence-corrected chi connectivity index (χ0v) is 10.4. The Kier molecular flexibility index (Phi) is 3.97. The van der Waals surface area contributed by atoms with Crippen molar-refractivity contribution in [2.45, 2.75) is 18.9 Å². The summed E-state index contributed by atoms with van der Waals surface area (Å²) in [5.74, 6) is 0.124. The molecule has 0 aromatic heterocycles.